The lowest BCUT2D eigenvalue weighted by Gasteiger charge is -2.12. The molecular formula is C19H19BrN4. The summed E-state index contributed by atoms with van der Waals surface area (Å²) in [6, 6.07) is 12.6. The Kier molecular flexibility index (Phi) is 3.77. The van der Waals surface area contributed by atoms with E-state index in [1.807, 2.05) is 0 Å². The first kappa shape index (κ1) is 15.5. The van der Waals surface area contributed by atoms with E-state index in [9.17, 15) is 0 Å². The van der Waals surface area contributed by atoms with Gasteiger partial charge in [0.05, 0.1) is 16.6 Å². The van der Waals surface area contributed by atoms with Crippen LogP contribution in [0.5, 0.6) is 0 Å². The van der Waals surface area contributed by atoms with Crippen molar-refractivity contribution < 1.29 is 0 Å². The summed E-state index contributed by atoms with van der Waals surface area (Å²) in [5.41, 5.74) is 6.22. The Balaban J connectivity index is 2.07. The quantitative estimate of drug-likeness (QED) is 0.527. The van der Waals surface area contributed by atoms with Crippen LogP contribution in [0.3, 0.4) is 0 Å². The molecule has 0 unspecified atom stereocenters. The summed E-state index contributed by atoms with van der Waals surface area (Å²) in [6.07, 6.45) is 0. The van der Waals surface area contributed by atoms with Gasteiger partial charge in [0.2, 0.25) is 0 Å². The van der Waals surface area contributed by atoms with Gasteiger partial charge in [0.25, 0.3) is 0 Å². The summed E-state index contributed by atoms with van der Waals surface area (Å²) < 4.78 is 3.34. The molecule has 0 bridgehead atoms. The lowest BCUT2D eigenvalue weighted by atomic mass is 10.2. The van der Waals surface area contributed by atoms with E-state index in [1.165, 1.54) is 11.1 Å². The molecule has 5 heteroatoms. The number of aromatic nitrogens is 3. The summed E-state index contributed by atoms with van der Waals surface area (Å²) in [4.78, 5) is 12.1. The smallest absolute Gasteiger partial charge is 0.160 e. The number of fused-ring (bicyclic) bond motifs is 4. The van der Waals surface area contributed by atoms with E-state index in [2.05, 4.69) is 82.8 Å². The van der Waals surface area contributed by atoms with Crippen molar-refractivity contribution in [2.24, 2.45) is 0 Å². The van der Waals surface area contributed by atoms with Crippen molar-refractivity contribution in [1.29, 1.82) is 0 Å². The number of nitrogens with zero attached hydrogens (tertiary/aromatic N) is 4. The molecule has 0 aliphatic rings. The number of likely N-dealkylation sites (N-methyl/N-ethyl adjacent to an activating group) is 1. The molecule has 0 amide bonds. The molecule has 0 spiro atoms. The van der Waals surface area contributed by atoms with Crippen LogP contribution in [-0.2, 0) is 6.54 Å². The molecule has 24 heavy (non-hydrogen) atoms. The van der Waals surface area contributed by atoms with Crippen molar-refractivity contribution in [3.8, 4) is 0 Å². The fourth-order valence-electron chi connectivity index (χ4n) is 3.10. The minimum atomic E-state index is 0.890. The summed E-state index contributed by atoms with van der Waals surface area (Å²) in [5.74, 6) is 0. The lowest BCUT2D eigenvalue weighted by molar-refractivity contribution is 0.389. The van der Waals surface area contributed by atoms with Crippen LogP contribution in [0.25, 0.3) is 33.1 Å². The minimum Gasteiger partial charge on any atom is -0.323 e. The van der Waals surface area contributed by atoms with Crippen molar-refractivity contribution in [1.82, 2.24) is 19.4 Å². The maximum atomic E-state index is 4.94. The topological polar surface area (TPSA) is 34.0 Å². The van der Waals surface area contributed by atoms with Gasteiger partial charge in [0, 0.05) is 22.9 Å². The normalized spacial score (nSPS) is 12.0. The second kappa shape index (κ2) is 5.83. The fourth-order valence-corrected chi connectivity index (χ4v) is 3.46. The minimum absolute atomic E-state index is 0.890. The maximum absolute atomic E-state index is 4.94. The third kappa shape index (κ3) is 2.58. The predicted molar refractivity (Wildman–Crippen MR) is 104 cm³/mol. The second-order valence-electron chi connectivity index (χ2n) is 6.50. The van der Waals surface area contributed by atoms with E-state index in [0.29, 0.717) is 0 Å². The molecule has 122 valence electrons. The maximum Gasteiger partial charge on any atom is 0.160 e. The van der Waals surface area contributed by atoms with Gasteiger partial charge in [-0.3, -0.25) is 0 Å². The van der Waals surface area contributed by atoms with Gasteiger partial charge < -0.3 is 9.47 Å². The van der Waals surface area contributed by atoms with Crippen LogP contribution >= 0.6 is 15.9 Å². The van der Waals surface area contributed by atoms with Gasteiger partial charge in [-0.25, -0.2) is 9.97 Å². The average Bonchev–Trinajstić information content (AvgIpc) is 2.83. The van der Waals surface area contributed by atoms with Gasteiger partial charge in [-0.2, -0.15) is 0 Å². The third-order valence-corrected chi connectivity index (χ3v) is 4.83. The highest BCUT2D eigenvalue weighted by atomic mass is 79.9. The molecule has 0 radical (unpaired) electrons. The Morgan fingerprint density at radius 2 is 1.88 bits per heavy atom. The van der Waals surface area contributed by atoms with Crippen LogP contribution in [-0.4, -0.2) is 40.1 Å². The van der Waals surface area contributed by atoms with Crippen LogP contribution < -0.4 is 0 Å². The Labute approximate surface area is 149 Å². The molecule has 2 aromatic carbocycles. The van der Waals surface area contributed by atoms with E-state index in [1.54, 1.807) is 0 Å². The zero-order valence-corrected chi connectivity index (χ0v) is 15.6. The number of benzene rings is 2. The van der Waals surface area contributed by atoms with Gasteiger partial charge in [0.1, 0.15) is 5.52 Å². The predicted octanol–water partition coefficient (Wildman–Crippen LogP) is 4.37. The molecule has 4 rings (SSSR count). The van der Waals surface area contributed by atoms with Crippen LogP contribution in [0.1, 0.15) is 5.56 Å². The van der Waals surface area contributed by atoms with Crippen LogP contribution in [0.4, 0.5) is 0 Å². The number of halogens is 1. The van der Waals surface area contributed by atoms with Gasteiger partial charge in [-0.15, -0.1) is 0 Å². The first-order valence-electron chi connectivity index (χ1n) is 8.03. The summed E-state index contributed by atoms with van der Waals surface area (Å²) in [5, 5.41) is 1.15. The highest BCUT2D eigenvalue weighted by molar-refractivity contribution is 9.10. The largest absolute Gasteiger partial charge is 0.323 e. The molecule has 4 nitrogen and oxygen atoms in total. The van der Waals surface area contributed by atoms with Gasteiger partial charge in [-0.1, -0.05) is 22.0 Å². The van der Waals surface area contributed by atoms with E-state index >= 15 is 0 Å². The van der Waals surface area contributed by atoms with Crippen molar-refractivity contribution >= 4 is 49.0 Å². The molecule has 4 aromatic rings. The number of hydrogen-bond donors (Lipinski definition) is 0. The fraction of sp³-hybridized carbons (Fsp3) is 0.263. The number of aryl methyl sites for hydroxylation is 1. The molecule has 0 aliphatic heterocycles. The highest BCUT2D eigenvalue weighted by Crippen LogP contribution is 2.30. The van der Waals surface area contributed by atoms with Crippen LogP contribution in [0, 0.1) is 6.92 Å². The average molecular weight is 383 g/mol. The molecule has 0 fully saturated rings. The second-order valence-corrected chi connectivity index (χ2v) is 7.42. The molecule has 0 saturated carbocycles. The summed E-state index contributed by atoms with van der Waals surface area (Å²) >= 11 is 3.59. The SMILES string of the molecule is Cc1ccc2nc3c(nc2c1)c1cc(Br)ccc1n3CCN(C)C. The summed E-state index contributed by atoms with van der Waals surface area (Å²) in [6.45, 7) is 3.94. The van der Waals surface area contributed by atoms with Gasteiger partial charge in [-0.05, 0) is 56.9 Å². The molecule has 2 heterocycles. The Morgan fingerprint density at radius 1 is 1.04 bits per heavy atom. The van der Waals surface area contributed by atoms with Crippen molar-refractivity contribution in [3.63, 3.8) is 0 Å². The van der Waals surface area contributed by atoms with E-state index < -0.39 is 0 Å². The Bertz CT molecular complexity index is 1070. The summed E-state index contributed by atoms with van der Waals surface area (Å²) in [7, 11) is 4.18. The molecule has 0 N–H and O–H groups in total. The lowest BCUT2D eigenvalue weighted by Crippen LogP contribution is -2.18. The van der Waals surface area contributed by atoms with E-state index in [4.69, 9.17) is 9.97 Å². The zero-order chi connectivity index (χ0) is 16.8. The number of rotatable bonds is 3. The van der Waals surface area contributed by atoms with Crippen LogP contribution in [0.2, 0.25) is 0 Å². The molecule has 0 aliphatic carbocycles. The molecular weight excluding hydrogens is 364 g/mol. The molecule has 0 atom stereocenters. The van der Waals surface area contributed by atoms with Crippen molar-refractivity contribution in [2.75, 3.05) is 20.6 Å². The van der Waals surface area contributed by atoms with E-state index in [-0.39, 0.29) is 0 Å². The highest BCUT2D eigenvalue weighted by Gasteiger charge is 2.15. The standard InChI is InChI=1S/C19H19BrN4/c1-12-4-6-15-16(10-12)21-18-14-11-13(20)5-7-17(14)24(19(18)22-15)9-8-23(2)3/h4-7,10-11H,8-9H2,1-3H3. The van der Waals surface area contributed by atoms with E-state index in [0.717, 1.165) is 45.1 Å². The zero-order valence-electron chi connectivity index (χ0n) is 14.0. The van der Waals surface area contributed by atoms with Gasteiger partial charge >= 0.3 is 0 Å². The molecule has 2 aromatic heterocycles. The number of hydrogen-bond acceptors (Lipinski definition) is 3. The first-order valence-corrected chi connectivity index (χ1v) is 8.83. The van der Waals surface area contributed by atoms with Crippen molar-refractivity contribution in [3.05, 3.63) is 46.4 Å². The first-order chi connectivity index (χ1) is 11.5. The van der Waals surface area contributed by atoms with Crippen molar-refractivity contribution in [2.45, 2.75) is 13.5 Å². The van der Waals surface area contributed by atoms with Crippen LogP contribution in [0.15, 0.2) is 40.9 Å². The Hall–Kier alpha value is -1.98. The van der Waals surface area contributed by atoms with Gasteiger partial charge in [0.15, 0.2) is 5.65 Å². The Morgan fingerprint density at radius 3 is 2.67 bits per heavy atom. The third-order valence-electron chi connectivity index (χ3n) is 4.33. The monoisotopic (exact) mass is 382 g/mol. The molecule has 0 saturated heterocycles.